The fourth-order valence-electron chi connectivity index (χ4n) is 1.42. The van der Waals surface area contributed by atoms with Crippen molar-refractivity contribution in [1.29, 1.82) is 0 Å². The lowest BCUT2D eigenvalue weighted by atomic mass is 10.2. The lowest BCUT2D eigenvalue weighted by Gasteiger charge is -1.97. The Morgan fingerprint density at radius 1 is 1.41 bits per heavy atom. The third kappa shape index (κ3) is 1.94. The number of carbonyl (C=O) groups is 1. The van der Waals surface area contributed by atoms with Crippen molar-refractivity contribution >= 4 is 28.9 Å². The summed E-state index contributed by atoms with van der Waals surface area (Å²) in [6.45, 7) is 5.76. The largest absolute Gasteiger partial charge is 0.477 e. The molecule has 1 N–H and O–H groups in total. The second-order valence-electron chi connectivity index (χ2n) is 3.63. The molecule has 0 unspecified atom stereocenters. The summed E-state index contributed by atoms with van der Waals surface area (Å²) < 4.78 is 1.62. The molecule has 90 valence electrons. The third-order valence-corrected chi connectivity index (χ3v) is 4.01. The highest BCUT2D eigenvalue weighted by Crippen LogP contribution is 2.27. The number of aryl methyl sites for hydroxylation is 1. The van der Waals surface area contributed by atoms with E-state index in [1.165, 1.54) is 0 Å². The summed E-state index contributed by atoms with van der Waals surface area (Å²) in [5.74, 6) is -1.07. The molecule has 2 aromatic heterocycles. The van der Waals surface area contributed by atoms with Gasteiger partial charge in [-0.05, 0) is 26.3 Å². The summed E-state index contributed by atoms with van der Waals surface area (Å²) >= 11 is 6.78. The predicted molar refractivity (Wildman–Crippen MR) is 65.4 cm³/mol. The van der Waals surface area contributed by atoms with Crippen molar-refractivity contribution in [2.45, 2.75) is 20.8 Å². The Kier molecular flexibility index (Phi) is 2.92. The monoisotopic (exact) mass is 271 g/mol. The van der Waals surface area contributed by atoms with Crippen molar-refractivity contribution in [2.75, 3.05) is 0 Å². The first-order valence-electron chi connectivity index (χ1n) is 4.84. The summed E-state index contributed by atoms with van der Waals surface area (Å²) in [6.07, 6.45) is 0. The van der Waals surface area contributed by atoms with Gasteiger partial charge in [0.05, 0.1) is 5.69 Å². The van der Waals surface area contributed by atoms with Gasteiger partial charge in [0.1, 0.15) is 0 Å². The molecule has 0 saturated carbocycles. The molecule has 2 rings (SSSR count). The zero-order valence-electron chi connectivity index (χ0n) is 9.48. The number of rotatable bonds is 2. The third-order valence-electron chi connectivity index (χ3n) is 2.60. The maximum Gasteiger partial charge on any atom is 0.349 e. The van der Waals surface area contributed by atoms with Crippen LogP contribution in [0.2, 0.25) is 5.15 Å². The van der Waals surface area contributed by atoms with Gasteiger partial charge < -0.3 is 5.11 Å². The smallest absolute Gasteiger partial charge is 0.349 e. The number of hydrogen-bond acceptors (Lipinski definition) is 4. The molecule has 5 nitrogen and oxygen atoms in total. The fraction of sp³-hybridized carbons (Fsp3) is 0.300. The van der Waals surface area contributed by atoms with Crippen LogP contribution in [0.5, 0.6) is 0 Å². The van der Waals surface area contributed by atoms with E-state index in [0.717, 1.165) is 28.3 Å². The van der Waals surface area contributed by atoms with Gasteiger partial charge in [0.15, 0.2) is 10.0 Å². The van der Waals surface area contributed by atoms with Crippen molar-refractivity contribution in [2.24, 2.45) is 0 Å². The van der Waals surface area contributed by atoms with Crippen LogP contribution in [0.15, 0.2) is 0 Å². The van der Waals surface area contributed by atoms with Crippen LogP contribution in [0, 0.1) is 20.8 Å². The second-order valence-corrected chi connectivity index (χ2v) is 4.96. The quantitative estimate of drug-likeness (QED) is 0.912. The molecule has 0 aromatic carbocycles. The maximum atomic E-state index is 10.9. The molecule has 2 aromatic rings. The highest BCUT2D eigenvalue weighted by molar-refractivity contribution is 7.16. The first kappa shape index (κ1) is 12.1. The second kappa shape index (κ2) is 4.12. The number of hydrogen-bond donors (Lipinski definition) is 1. The zero-order valence-corrected chi connectivity index (χ0v) is 11.1. The average molecular weight is 272 g/mol. The number of nitrogens with zero attached hydrogens (tertiary/aromatic N) is 3. The predicted octanol–water partition coefficient (Wildman–Crippen LogP) is 2.61. The zero-order chi connectivity index (χ0) is 12.7. The summed E-state index contributed by atoms with van der Waals surface area (Å²) in [5.41, 5.74) is 2.89. The molecule has 0 bridgehead atoms. The van der Waals surface area contributed by atoms with E-state index in [2.05, 4.69) is 10.1 Å². The minimum atomic E-state index is -1.07. The van der Waals surface area contributed by atoms with Gasteiger partial charge in [0.2, 0.25) is 5.13 Å². The number of aromatic carboxylic acids is 1. The van der Waals surface area contributed by atoms with Crippen molar-refractivity contribution in [1.82, 2.24) is 14.8 Å². The van der Waals surface area contributed by atoms with Gasteiger partial charge in [0.25, 0.3) is 0 Å². The van der Waals surface area contributed by atoms with Crippen molar-refractivity contribution in [3.63, 3.8) is 0 Å². The average Bonchev–Trinajstić information content (AvgIpc) is 2.75. The van der Waals surface area contributed by atoms with Gasteiger partial charge in [-0.3, -0.25) is 0 Å². The number of halogens is 1. The Bertz CT molecular complexity index is 603. The Hall–Kier alpha value is -1.40. The van der Waals surface area contributed by atoms with E-state index in [0.29, 0.717) is 5.13 Å². The summed E-state index contributed by atoms with van der Waals surface area (Å²) in [4.78, 5) is 14.9. The topological polar surface area (TPSA) is 68.0 Å². The summed E-state index contributed by atoms with van der Waals surface area (Å²) in [5, 5.41) is 13.7. The molecular formula is C10H10ClN3O2S. The Labute approximate surface area is 107 Å². The minimum Gasteiger partial charge on any atom is -0.477 e. The van der Waals surface area contributed by atoms with E-state index in [4.69, 9.17) is 16.7 Å². The minimum absolute atomic E-state index is 0.00251. The molecule has 17 heavy (non-hydrogen) atoms. The number of carboxylic acid groups (broad SMARTS) is 1. The molecule has 0 atom stereocenters. The van der Waals surface area contributed by atoms with Crippen LogP contribution >= 0.6 is 22.9 Å². The Morgan fingerprint density at radius 3 is 2.47 bits per heavy atom. The number of thiazole rings is 1. The van der Waals surface area contributed by atoms with E-state index in [1.807, 2.05) is 20.8 Å². The van der Waals surface area contributed by atoms with Crippen LogP contribution in [0.25, 0.3) is 5.13 Å². The molecule has 0 amide bonds. The SMILES string of the molecule is Cc1nn(-c2nc(Cl)c(C(=O)O)s2)c(C)c1C. The van der Waals surface area contributed by atoms with E-state index >= 15 is 0 Å². The van der Waals surface area contributed by atoms with E-state index in [1.54, 1.807) is 4.68 Å². The van der Waals surface area contributed by atoms with Crippen molar-refractivity contribution < 1.29 is 9.90 Å². The van der Waals surface area contributed by atoms with E-state index in [9.17, 15) is 4.79 Å². The normalized spacial score (nSPS) is 10.8. The lowest BCUT2D eigenvalue weighted by Crippen LogP contribution is -1.98. The first-order chi connectivity index (χ1) is 7.91. The summed E-state index contributed by atoms with van der Waals surface area (Å²) in [7, 11) is 0. The Balaban J connectivity index is 2.57. The van der Waals surface area contributed by atoms with Gasteiger partial charge >= 0.3 is 5.97 Å². The molecule has 0 aliphatic carbocycles. The van der Waals surface area contributed by atoms with Crippen LogP contribution in [-0.4, -0.2) is 25.8 Å². The van der Waals surface area contributed by atoms with Crippen molar-refractivity contribution in [3.8, 4) is 5.13 Å². The van der Waals surface area contributed by atoms with Crippen LogP contribution in [0.1, 0.15) is 26.6 Å². The molecule has 0 aliphatic rings. The number of aromatic nitrogens is 3. The standard InChI is InChI=1S/C10H10ClN3O2S/c1-4-5(2)13-14(6(4)3)10-12-8(11)7(17-10)9(15)16/h1-3H3,(H,15,16). The molecule has 0 saturated heterocycles. The highest BCUT2D eigenvalue weighted by Gasteiger charge is 2.19. The van der Waals surface area contributed by atoms with Gasteiger partial charge in [-0.25, -0.2) is 14.5 Å². The van der Waals surface area contributed by atoms with Gasteiger partial charge in [-0.1, -0.05) is 22.9 Å². The Morgan fingerprint density at radius 2 is 2.06 bits per heavy atom. The number of carboxylic acids is 1. The van der Waals surface area contributed by atoms with Gasteiger partial charge in [-0.15, -0.1) is 0 Å². The van der Waals surface area contributed by atoms with Crippen LogP contribution in [0.4, 0.5) is 0 Å². The first-order valence-corrected chi connectivity index (χ1v) is 6.04. The summed E-state index contributed by atoms with van der Waals surface area (Å²) in [6, 6.07) is 0. The van der Waals surface area contributed by atoms with Gasteiger partial charge in [-0.2, -0.15) is 5.10 Å². The van der Waals surface area contributed by atoms with Crippen LogP contribution in [-0.2, 0) is 0 Å². The molecule has 0 radical (unpaired) electrons. The maximum absolute atomic E-state index is 10.9. The molecule has 2 heterocycles. The van der Waals surface area contributed by atoms with E-state index < -0.39 is 5.97 Å². The van der Waals surface area contributed by atoms with E-state index in [-0.39, 0.29) is 10.0 Å². The highest BCUT2D eigenvalue weighted by atomic mass is 35.5. The molecule has 0 fully saturated rings. The van der Waals surface area contributed by atoms with Crippen molar-refractivity contribution in [3.05, 3.63) is 27.0 Å². The molecule has 0 aliphatic heterocycles. The lowest BCUT2D eigenvalue weighted by molar-refractivity contribution is 0.0702. The molecular weight excluding hydrogens is 262 g/mol. The van der Waals surface area contributed by atoms with Crippen LogP contribution < -0.4 is 0 Å². The molecule has 7 heteroatoms. The van der Waals surface area contributed by atoms with Crippen LogP contribution in [0.3, 0.4) is 0 Å². The fourth-order valence-corrected chi connectivity index (χ4v) is 2.55. The van der Waals surface area contributed by atoms with Gasteiger partial charge in [0, 0.05) is 5.69 Å². The molecule has 0 spiro atoms.